The Labute approximate surface area is 174 Å². The Bertz CT molecular complexity index is 1090. The largest absolute Gasteiger partial charge is 0.501 e. The van der Waals surface area contributed by atoms with Crippen molar-refractivity contribution in [3.63, 3.8) is 0 Å². The second kappa shape index (κ2) is 7.82. The monoisotopic (exact) mass is 459 g/mol. The van der Waals surface area contributed by atoms with Gasteiger partial charge in [-0.15, -0.1) is 0 Å². The molecule has 0 saturated heterocycles. The van der Waals surface area contributed by atoms with Crippen molar-refractivity contribution >= 4 is 33.6 Å². The standard InChI is InChI=1S/C20H17BrFN4O3/c1-2-9-25-19(27)13-5-3-4-6-16(13)26(20(25)28)11-17-23-18(24-29-17)12-7-8-15(22)14(21)10-12/h3-8,10,13H,2,9,11H2,1H3/q+1. The third kappa shape index (κ3) is 3.57. The molecule has 3 amide bonds. The van der Waals surface area contributed by atoms with Crippen molar-refractivity contribution in [1.82, 2.24) is 15.0 Å². The first-order valence-electron chi connectivity index (χ1n) is 9.12. The van der Waals surface area contributed by atoms with Gasteiger partial charge in [0, 0.05) is 5.56 Å². The normalized spacial score (nSPS) is 18.6. The minimum atomic E-state index is -0.514. The minimum Gasteiger partial charge on any atom is -0.335 e. The molecule has 0 fully saturated rings. The molecule has 0 saturated carbocycles. The van der Waals surface area contributed by atoms with Gasteiger partial charge in [0.1, 0.15) is 17.4 Å². The van der Waals surface area contributed by atoms with Crippen LogP contribution < -0.4 is 0 Å². The molecular formula is C20H17BrFN4O3+. The fourth-order valence-corrected chi connectivity index (χ4v) is 3.69. The molecule has 0 radical (unpaired) electrons. The van der Waals surface area contributed by atoms with Crippen LogP contribution in [-0.4, -0.2) is 43.8 Å². The first-order valence-corrected chi connectivity index (χ1v) is 9.91. The van der Waals surface area contributed by atoms with E-state index in [-0.39, 0.29) is 24.2 Å². The zero-order valence-electron chi connectivity index (χ0n) is 15.5. The summed E-state index contributed by atoms with van der Waals surface area (Å²) in [5.74, 6) is -0.636. The van der Waals surface area contributed by atoms with E-state index in [1.54, 1.807) is 36.4 Å². The van der Waals surface area contributed by atoms with E-state index < -0.39 is 17.8 Å². The van der Waals surface area contributed by atoms with E-state index in [4.69, 9.17) is 4.52 Å². The van der Waals surface area contributed by atoms with Crippen LogP contribution in [0.1, 0.15) is 19.2 Å². The first-order chi connectivity index (χ1) is 14.0. The maximum absolute atomic E-state index is 13.5. The third-order valence-electron chi connectivity index (χ3n) is 4.69. The van der Waals surface area contributed by atoms with Crippen LogP contribution in [0, 0.1) is 11.7 Å². The van der Waals surface area contributed by atoms with Gasteiger partial charge in [-0.3, -0.25) is 0 Å². The summed E-state index contributed by atoms with van der Waals surface area (Å²) in [6.45, 7) is 2.28. The molecule has 2 heterocycles. The number of carbonyl (C=O) groups excluding carboxylic acids is 2. The van der Waals surface area contributed by atoms with Gasteiger partial charge in [-0.2, -0.15) is 19.3 Å². The molecule has 0 spiro atoms. The van der Waals surface area contributed by atoms with Crippen molar-refractivity contribution in [2.75, 3.05) is 6.54 Å². The molecule has 0 N–H and O–H groups in total. The van der Waals surface area contributed by atoms with E-state index in [9.17, 15) is 14.0 Å². The highest BCUT2D eigenvalue weighted by Crippen LogP contribution is 2.24. The van der Waals surface area contributed by atoms with E-state index in [0.717, 1.165) is 0 Å². The fourth-order valence-electron chi connectivity index (χ4n) is 3.31. The maximum Gasteiger partial charge on any atom is 0.501 e. The minimum absolute atomic E-state index is 0.0334. The van der Waals surface area contributed by atoms with Gasteiger partial charge in [0.2, 0.25) is 5.82 Å². The van der Waals surface area contributed by atoms with E-state index in [1.165, 1.54) is 15.5 Å². The summed E-state index contributed by atoms with van der Waals surface area (Å²) in [6.07, 6.45) is 7.76. The van der Waals surface area contributed by atoms with Gasteiger partial charge in [-0.25, -0.2) is 9.18 Å². The molecule has 2 aromatic rings. The summed E-state index contributed by atoms with van der Waals surface area (Å²) in [6, 6.07) is 3.99. The number of aromatic nitrogens is 2. The Morgan fingerprint density at radius 2 is 2.14 bits per heavy atom. The van der Waals surface area contributed by atoms with Crippen LogP contribution in [0.2, 0.25) is 0 Å². The number of allylic oxidation sites excluding steroid dienone is 3. The van der Waals surface area contributed by atoms with Crippen LogP contribution in [-0.2, 0) is 11.3 Å². The van der Waals surface area contributed by atoms with Crippen molar-refractivity contribution in [1.29, 1.82) is 0 Å². The molecule has 7 nitrogen and oxygen atoms in total. The fraction of sp³-hybridized carbons (Fsp3) is 0.250. The third-order valence-corrected chi connectivity index (χ3v) is 5.30. The molecular weight excluding hydrogens is 443 g/mol. The van der Waals surface area contributed by atoms with Gasteiger partial charge in [-0.05, 0) is 46.6 Å². The number of benzene rings is 1. The van der Waals surface area contributed by atoms with Gasteiger partial charge in [0.25, 0.3) is 5.89 Å². The number of nitrogens with zero attached hydrogens (tertiary/aromatic N) is 4. The molecule has 1 aliphatic heterocycles. The molecule has 29 heavy (non-hydrogen) atoms. The quantitative estimate of drug-likeness (QED) is 0.636. The molecule has 148 valence electrons. The van der Waals surface area contributed by atoms with Gasteiger partial charge in [0.15, 0.2) is 6.54 Å². The topological polar surface area (TPSA) is 79.3 Å². The Morgan fingerprint density at radius 1 is 1.31 bits per heavy atom. The summed E-state index contributed by atoms with van der Waals surface area (Å²) in [5, 5.41) is 3.93. The number of carbonyl (C=O) groups is 2. The molecule has 1 aromatic heterocycles. The number of amides is 3. The van der Waals surface area contributed by atoms with Gasteiger partial charge < -0.3 is 4.52 Å². The smallest absolute Gasteiger partial charge is 0.335 e. The lowest BCUT2D eigenvalue weighted by molar-refractivity contribution is -0.460. The van der Waals surface area contributed by atoms with Crippen molar-refractivity contribution in [3.05, 3.63) is 58.7 Å². The van der Waals surface area contributed by atoms with Gasteiger partial charge >= 0.3 is 11.9 Å². The molecule has 4 rings (SSSR count). The van der Waals surface area contributed by atoms with Crippen LogP contribution in [0.15, 0.2) is 51.5 Å². The second-order valence-electron chi connectivity index (χ2n) is 6.65. The SMILES string of the molecule is CCCN1C(=O)C2C=CC=CC2=[N+](Cc2nc(-c3ccc(F)c(Br)c3)no2)C1=O. The summed E-state index contributed by atoms with van der Waals surface area (Å²) < 4.78 is 20.6. The number of fused-ring (bicyclic) bond motifs is 1. The second-order valence-corrected chi connectivity index (χ2v) is 7.50. The highest BCUT2D eigenvalue weighted by Gasteiger charge is 2.46. The lowest BCUT2D eigenvalue weighted by Gasteiger charge is -2.26. The highest BCUT2D eigenvalue weighted by atomic mass is 79.9. The van der Waals surface area contributed by atoms with Crippen LogP contribution >= 0.6 is 15.9 Å². The number of rotatable bonds is 5. The average Bonchev–Trinajstić information content (AvgIpc) is 3.19. The molecule has 9 heteroatoms. The van der Waals surface area contributed by atoms with E-state index in [2.05, 4.69) is 26.1 Å². The first kappa shape index (κ1) is 19.4. The van der Waals surface area contributed by atoms with Crippen molar-refractivity contribution in [2.45, 2.75) is 19.9 Å². The van der Waals surface area contributed by atoms with E-state index >= 15 is 0 Å². The molecule has 0 bridgehead atoms. The van der Waals surface area contributed by atoms with Crippen molar-refractivity contribution in [2.24, 2.45) is 5.92 Å². The molecule has 2 aliphatic rings. The summed E-state index contributed by atoms with van der Waals surface area (Å²) in [4.78, 5) is 31.2. The highest BCUT2D eigenvalue weighted by molar-refractivity contribution is 9.10. The van der Waals surface area contributed by atoms with Crippen LogP contribution in [0.5, 0.6) is 0 Å². The number of urea groups is 1. The Hall–Kier alpha value is -2.94. The Balaban J connectivity index is 1.67. The van der Waals surface area contributed by atoms with Crippen molar-refractivity contribution < 1.29 is 23.1 Å². The van der Waals surface area contributed by atoms with Crippen LogP contribution in [0.3, 0.4) is 0 Å². The van der Waals surface area contributed by atoms with Crippen molar-refractivity contribution in [3.8, 4) is 11.4 Å². The Kier molecular flexibility index (Phi) is 5.23. The molecule has 1 atom stereocenters. The number of hydrogen-bond acceptors (Lipinski definition) is 5. The lowest BCUT2D eigenvalue weighted by Crippen LogP contribution is -2.54. The summed E-state index contributed by atoms with van der Waals surface area (Å²) in [7, 11) is 0. The summed E-state index contributed by atoms with van der Waals surface area (Å²) in [5.41, 5.74) is 1.16. The predicted molar refractivity (Wildman–Crippen MR) is 106 cm³/mol. The number of imide groups is 1. The maximum atomic E-state index is 13.5. The summed E-state index contributed by atoms with van der Waals surface area (Å²) >= 11 is 3.13. The lowest BCUT2D eigenvalue weighted by atomic mass is 9.94. The van der Waals surface area contributed by atoms with Crippen LogP contribution in [0.4, 0.5) is 9.18 Å². The molecule has 1 aromatic carbocycles. The zero-order valence-corrected chi connectivity index (χ0v) is 17.1. The average molecular weight is 460 g/mol. The van der Waals surface area contributed by atoms with Crippen LogP contribution in [0.25, 0.3) is 11.4 Å². The number of halogens is 2. The predicted octanol–water partition coefficient (Wildman–Crippen LogP) is 3.71. The van der Waals surface area contributed by atoms with E-state index in [1.807, 2.05) is 6.92 Å². The molecule has 1 unspecified atom stereocenters. The van der Waals surface area contributed by atoms with Gasteiger partial charge in [-0.1, -0.05) is 30.3 Å². The molecule has 1 aliphatic carbocycles. The zero-order chi connectivity index (χ0) is 20.5. The van der Waals surface area contributed by atoms with E-state index in [0.29, 0.717) is 28.7 Å². The number of hydrogen-bond donors (Lipinski definition) is 0. The Morgan fingerprint density at radius 3 is 2.90 bits per heavy atom. The van der Waals surface area contributed by atoms with Gasteiger partial charge in [0.05, 0.1) is 11.0 Å².